The summed E-state index contributed by atoms with van der Waals surface area (Å²) in [6, 6.07) is 12.3. The van der Waals surface area contributed by atoms with Crippen molar-refractivity contribution in [1.82, 2.24) is 10.2 Å². The number of nitrogens with one attached hydrogen (secondary N) is 1. The second kappa shape index (κ2) is 12.0. The number of hydrogen-bond donors (Lipinski definition) is 2. The van der Waals surface area contributed by atoms with Crippen LogP contribution in [0.1, 0.15) is 35.8 Å². The first-order valence-electron chi connectivity index (χ1n) is 13.2. The molecule has 41 heavy (non-hydrogen) atoms. The van der Waals surface area contributed by atoms with Crippen molar-refractivity contribution in [3.8, 4) is 23.0 Å². The lowest BCUT2D eigenvalue weighted by molar-refractivity contribution is -0.123. The molecule has 0 spiro atoms. The number of carbonyl (C=O) groups is 1. The zero-order chi connectivity index (χ0) is 28.9. The number of rotatable bonds is 9. The quantitative estimate of drug-likeness (QED) is 0.319. The van der Waals surface area contributed by atoms with E-state index in [0.717, 1.165) is 33.4 Å². The Labute approximate surface area is 239 Å². The molecule has 8 heteroatoms. The van der Waals surface area contributed by atoms with E-state index in [0.29, 0.717) is 29.4 Å². The summed E-state index contributed by atoms with van der Waals surface area (Å²) >= 11 is 0. The van der Waals surface area contributed by atoms with Crippen LogP contribution in [0.25, 0.3) is 17.2 Å². The van der Waals surface area contributed by atoms with Crippen molar-refractivity contribution < 1.29 is 28.5 Å². The fourth-order valence-electron chi connectivity index (χ4n) is 5.12. The number of fused-ring (bicyclic) bond motifs is 1. The summed E-state index contributed by atoms with van der Waals surface area (Å²) in [7, 11) is 4.61. The molecule has 1 amide bonds. The fourth-order valence-corrected chi connectivity index (χ4v) is 5.12. The molecule has 1 unspecified atom stereocenters. The molecule has 1 aliphatic heterocycles. The Bertz CT molecular complexity index is 1580. The third-order valence-electron chi connectivity index (χ3n) is 7.14. The van der Waals surface area contributed by atoms with Crippen LogP contribution in [0.2, 0.25) is 0 Å². The van der Waals surface area contributed by atoms with Gasteiger partial charge < -0.3 is 34.0 Å². The summed E-state index contributed by atoms with van der Waals surface area (Å²) in [4.78, 5) is 15.9. The number of hydrogen-bond acceptors (Lipinski definition) is 7. The van der Waals surface area contributed by atoms with Gasteiger partial charge in [0.1, 0.15) is 17.6 Å². The van der Waals surface area contributed by atoms with Gasteiger partial charge in [0.15, 0.2) is 11.5 Å². The zero-order valence-electron chi connectivity index (χ0n) is 23.4. The lowest BCUT2D eigenvalue weighted by Crippen LogP contribution is -2.43. The van der Waals surface area contributed by atoms with Gasteiger partial charge in [-0.05, 0) is 95.3 Å². The molecule has 8 nitrogen and oxygen atoms in total. The minimum atomic E-state index is -0.708. The van der Waals surface area contributed by atoms with E-state index < -0.39 is 6.04 Å². The van der Waals surface area contributed by atoms with Crippen LogP contribution in [-0.4, -0.2) is 43.3 Å². The van der Waals surface area contributed by atoms with Crippen molar-refractivity contribution >= 4 is 23.1 Å². The Morgan fingerprint density at radius 1 is 1.12 bits per heavy atom. The predicted molar refractivity (Wildman–Crippen MR) is 157 cm³/mol. The molecule has 0 bridgehead atoms. The molecule has 5 rings (SSSR count). The number of phenolic OH excluding ortho intramolecular Hbond substituents is 1. The first kappa shape index (κ1) is 27.5. The third kappa shape index (κ3) is 5.51. The molecular formula is C33H32N2O6. The lowest BCUT2D eigenvalue weighted by Gasteiger charge is -2.28. The number of aromatic hydroxyl groups is 1. The van der Waals surface area contributed by atoms with Crippen molar-refractivity contribution in [2.75, 3.05) is 21.3 Å². The Morgan fingerprint density at radius 2 is 1.90 bits per heavy atom. The molecule has 0 saturated heterocycles. The molecule has 1 atom stereocenters. The number of nitrogens with zero attached hydrogens (tertiary/aromatic N) is 1. The summed E-state index contributed by atoms with van der Waals surface area (Å²) in [5, 5.41) is 13.5. The first-order valence-corrected chi connectivity index (χ1v) is 13.2. The Morgan fingerprint density at radius 3 is 2.59 bits per heavy atom. The maximum absolute atomic E-state index is 14.0. The zero-order valence-corrected chi connectivity index (χ0v) is 23.4. The van der Waals surface area contributed by atoms with Gasteiger partial charge in [-0.1, -0.05) is 12.1 Å². The minimum Gasteiger partial charge on any atom is -0.502 e. The molecule has 210 valence electrons. The van der Waals surface area contributed by atoms with Crippen molar-refractivity contribution in [2.45, 2.75) is 25.9 Å². The number of amides is 1. The van der Waals surface area contributed by atoms with E-state index in [-0.39, 0.29) is 18.2 Å². The SMILES string of the molecule is COc1ccc2c(c1)C(C(C(=O)NCc1ccco1)N1C=C=CCC=C1)=C(C)/C2=C/c1cc(OC)c(O)c(OC)c1. The first-order chi connectivity index (χ1) is 19.9. The molecule has 0 fully saturated rings. The highest BCUT2D eigenvalue weighted by Crippen LogP contribution is 2.47. The molecule has 3 aromatic rings. The monoisotopic (exact) mass is 552 g/mol. The van der Waals surface area contributed by atoms with E-state index in [2.05, 4.69) is 11.0 Å². The number of carbonyl (C=O) groups excluding carboxylic acids is 1. The molecule has 0 radical (unpaired) electrons. The molecule has 1 aromatic heterocycles. The largest absolute Gasteiger partial charge is 0.502 e. The summed E-state index contributed by atoms with van der Waals surface area (Å²) < 4.78 is 21.8. The minimum absolute atomic E-state index is 0.0669. The fraction of sp³-hybridized carbons (Fsp3) is 0.212. The van der Waals surface area contributed by atoms with Gasteiger partial charge in [0.05, 0.1) is 34.1 Å². The van der Waals surface area contributed by atoms with Crippen molar-refractivity contribution in [2.24, 2.45) is 0 Å². The average Bonchev–Trinajstić information content (AvgIpc) is 3.50. The van der Waals surface area contributed by atoms with Gasteiger partial charge in [-0.15, -0.1) is 5.73 Å². The highest BCUT2D eigenvalue weighted by molar-refractivity contribution is 6.11. The van der Waals surface area contributed by atoms with E-state index in [9.17, 15) is 9.90 Å². The predicted octanol–water partition coefficient (Wildman–Crippen LogP) is 5.91. The van der Waals surface area contributed by atoms with Crippen LogP contribution in [0.5, 0.6) is 23.0 Å². The summed E-state index contributed by atoms with van der Waals surface area (Å²) in [5.41, 5.74) is 8.46. The molecule has 0 saturated carbocycles. The molecule has 2 N–H and O–H groups in total. The van der Waals surface area contributed by atoms with Crippen molar-refractivity contribution in [3.05, 3.63) is 107 Å². The highest BCUT2D eigenvalue weighted by Gasteiger charge is 2.36. The van der Waals surface area contributed by atoms with Crippen LogP contribution in [0.4, 0.5) is 0 Å². The molecule has 2 aliphatic rings. The maximum atomic E-state index is 14.0. The van der Waals surface area contributed by atoms with E-state index in [4.69, 9.17) is 18.6 Å². The van der Waals surface area contributed by atoms with Gasteiger partial charge in [0.2, 0.25) is 11.7 Å². The highest BCUT2D eigenvalue weighted by atomic mass is 16.5. The van der Waals surface area contributed by atoms with E-state index in [1.807, 2.05) is 60.5 Å². The Hall–Kier alpha value is -5.07. The van der Waals surface area contributed by atoms with Crippen LogP contribution >= 0.6 is 0 Å². The standard InChI is InChI=1S/C33H32N2O6/c1-21-26(16-22-17-28(39-3)32(36)29(18-22)40-4)25-12-11-23(38-2)19-27(25)30(21)31(35-13-7-5-6-8-14-35)33(37)34-20-24-10-9-15-41-24/h5,8-19,31,36H,6,20H2,1-4H3,(H,34,37)/b26-16-. The molecule has 2 heterocycles. The molecule has 1 aliphatic carbocycles. The Balaban J connectivity index is 1.67. The number of ether oxygens (including phenoxy) is 3. The van der Waals surface area contributed by atoms with E-state index in [1.165, 1.54) is 14.2 Å². The summed E-state index contributed by atoms with van der Waals surface area (Å²) in [5.74, 6) is 1.68. The van der Waals surface area contributed by atoms with Crippen LogP contribution in [0.3, 0.4) is 0 Å². The number of benzene rings is 2. The van der Waals surface area contributed by atoms with E-state index in [1.54, 1.807) is 37.8 Å². The van der Waals surface area contributed by atoms with Gasteiger partial charge in [-0.3, -0.25) is 4.79 Å². The lowest BCUT2D eigenvalue weighted by atomic mass is 9.96. The second-order valence-corrected chi connectivity index (χ2v) is 9.55. The van der Waals surface area contributed by atoms with Crippen molar-refractivity contribution in [3.63, 3.8) is 0 Å². The average molecular weight is 553 g/mol. The number of allylic oxidation sites excluding steroid dienone is 4. The topological polar surface area (TPSA) is 93.4 Å². The van der Waals surface area contributed by atoms with Gasteiger partial charge in [-0.2, -0.15) is 0 Å². The van der Waals surface area contributed by atoms with Gasteiger partial charge in [0.25, 0.3) is 0 Å². The van der Waals surface area contributed by atoms with Gasteiger partial charge >= 0.3 is 0 Å². The molecule has 2 aromatic carbocycles. The Kier molecular flexibility index (Phi) is 8.04. The number of methoxy groups -OCH3 is 3. The summed E-state index contributed by atoms with van der Waals surface area (Å²) in [6.07, 6.45) is 11.9. The van der Waals surface area contributed by atoms with Gasteiger partial charge in [0, 0.05) is 12.4 Å². The molecular weight excluding hydrogens is 520 g/mol. The van der Waals surface area contributed by atoms with E-state index >= 15 is 0 Å². The summed E-state index contributed by atoms with van der Waals surface area (Å²) in [6.45, 7) is 2.27. The van der Waals surface area contributed by atoms with Crippen LogP contribution in [-0.2, 0) is 11.3 Å². The second-order valence-electron chi connectivity index (χ2n) is 9.55. The van der Waals surface area contributed by atoms with Gasteiger partial charge in [-0.25, -0.2) is 0 Å². The third-order valence-corrected chi connectivity index (χ3v) is 7.14. The number of furan rings is 1. The van der Waals surface area contributed by atoms with Crippen molar-refractivity contribution in [1.29, 1.82) is 0 Å². The van der Waals surface area contributed by atoms with Crippen LogP contribution < -0.4 is 19.5 Å². The smallest absolute Gasteiger partial charge is 0.248 e. The number of phenols is 1. The normalized spacial score (nSPS) is 15.6. The van der Waals surface area contributed by atoms with Crippen LogP contribution in [0, 0.1) is 0 Å². The van der Waals surface area contributed by atoms with Crippen LogP contribution in [0.15, 0.2) is 89.0 Å². The maximum Gasteiger partial charge on any atom is 0.248 e.